The summed E-state index contributed by atoms with van der Waals surface area (Å²) >= 11 is 12.1. The third kappa shape index (κ3) is 3.85. The molecule has 4 rings (SSSR count). The predicted molar refractivity (Wildman–Crippen MR) is 122 cm³/mol. The Morgan fingerprint density at radius 1 is 1.04 bits per heavy atom. The van der Waals surface area contributed by atoms with Gasteiger partial charge in [0.1, 0.15) is 0 Å². The van der Waals surface area contributed by atoms with E-state index in [-0.39, 0.29) is 5.56 Å². The minimum Gasteiger partial charge on any atom is -0.279 e. The molecule has 5 nitrogen and oxygen atoms in total. The highest BCUT2D eigenvalue weighted by molar-refractivity contribution is 9.11. The van der Waals surface area contributed by atoms with Gasteiger partial charge < -0.3 is 0 Å². The molecule has 0 amide bonds. The summed E-state index contributed by atoms with van der Waals surface area (Å²) in [4.78, 5) is 13.0. The van der Waals surface area contributed by atoms with E-state index in [0.29, 0.717) is 16.6 Å². The monoisotopic (exact) mass is 582 g/mol. The smallest absolute Gasteiger partial charge is 0.279 e. The second-order valence-electron chi connectivity index (χ2n) is 6.10. The average molecular weight is 585 g/mol. The SMILES string of the molecule is Cc1c(Br)cccc1-n1ccn2c(SCc3cc(Br)cc(Br)c3)nnc2c1=O. The van der Waals surface area contributed by atoms with Crippen molar-refractivity contribution < 1.29 is 0 Å². The molecule has 2 heterocycles. The first-order chi connectivity index (χ1) is 13.4. The minimum absolute atomic E-state index is 0.201. The Kier molecular flexibility index (Phi) is 5.78. The molecule has 0 spiro atoms. The van der Waals surface area contributed by atoms with Crippen LogP contribution in [0.4, 0.5) is 0 Å². The van der Waals surface area contributed by atoms with Gasteiger partial charge in [-0.05, 0) is 48.4 Å². The van der Waals surface area contributed by atoms with Gasteiger partial charge >= 0.3 is 5.56 Å². The third-order valence-electron chi connectivity index (χ3n) is 4.23. The van der Waals surface area contributed by atoms with Crippen LogP contribution in [0.25, 0.3) is 11.3 Å². The van der Waals surface area contributed by atoms with Crippen molar-refractivity contribution in [1.29, 1.82) is 0 Å². The summed E-state index contributed by atoms with van der Waals surface area (Å²) < 4.78 is 6.31. The Morgan fingerprint density at radius 3 is 2.54 bits per heavy atom. The molecule has 0 aliphatic heterocycles. The second kappa shape index (κ2) is 8.14. The van der Waals surface area contributed by atoms with Crippen molar-refractivity contribution in [2.24, 2.45) is 0 Å². The Balaban J connectivity index is 1.69. The van der Waals surface area contributed by atoms with Gasteiger partial charge in [0, 0.05) is 31.6 Å². The molecule has 0 N–H and O–H groups in total. The van der Waals surface area contributed by atoms with Crippen molar-refractivity contribution in [3.05, 3.63) is 83.7 Å². The van der Waals surface area contributed by atoms with Gasteiger partial charge in [0.2, 0.25) is 5.65 Å². The Labute approximate surface area is 190 Å². The van der Waals surface area contributed by atoms with Crippen LogP contribution in [0.3, 0.4) is 0 Å². The molecular formula is C19H13Br3N4OS. The standard InChI is InChI=1S/C19H13Br3N4OS/c1-11-15(22)3-2-4-16(11)25-5-6-26-17(18(25)27)23-24-19(26)28-10-12-7-13(20)9-14(21)8-12/h2-9H,10H2,1H3. The van der Waals surface area contributed by atoms with Gasteiger partial charge in [-0.3, -0.25) is 13.8 Å². The summed E-state index contributed by atoms with van der Waals surface area (Å²) in [6, 6.07) is 11.9. The lowest BCUT2D eigenvalue weighted by Crippen LogP contribution is -2.21. The van der Waals surface area contributed by atoms with Crippen LogP contribution in [0.1, 0.15) is 11.1 Å². The number of halogens is 3. The maximum absolute atomic E-state index is 13.0. The lowest BCUT2D eigenvalue weighted by Gasteiger charge is -2.10. The van der Waals surface area contributed by atoms with Crippen LogP contribution >= 0.6 is 59.6 Å². The Morgan fingerprint density at radius 2 is 1.79 bits per heavy atom. The van der Waals surface area contributed by atoms with Crippen LogP contribution in [0.15, 0.2) is 72.2 Å². The predicted octanol–water partition coefficient (Wildman–Crippen LogP) is 5.77. The van der Waals surface area contributed by atoms with Crippen LogP contribution in [-0.4, -0.2) is 19.2 Å². The Bertz CT molecular complexity index is 1230. The van der Waals surface area contributed by atoms with Crippen LogP contribution in [0.5, 0.6) is 0 Å². The molecule has 9 heteroatoms. The molecule has 0 bridgehead atoms. The average Bonchev–Trinajstić information content (AvgIpc) is 3.06. The first kappa shape index (κ1) is 19.9. The molecular weight excluding hydrogens is 572 g/mol. The summed E-state index contributed by atoms with van der Waals surface area (Å²) in [6.07, 6.45) is 3.59. The second-order valence-corrected chi connectivity index (χ2v) is 9.73. The first-order valence-electron chi connectivity index (χ1n) is 8.23. The number of fused-ring (bicyclic) bond motifs is 1. The molecule has 0 saturated carbocycles. The van der Waals surface area contributed by atoms with Gasteiger partial charge in [-0.25, -0.2) is 0 Å². The van der Waals surface area contributed by atoms with Crippen molar-refractivity contribution in [2.45, 2.75) is 17.8 Å². The number of aromatic nitrogens is 4. The van der Waals surface area contributed by atoms with Gasteiger partial charge in [-0.2, -0.15) is 0 Å². The largest absolute Gasteiger partial charge is 0.300 e. The van der Waals surface area contributed by atoms with Gasteiger partial charge in [0.25, 0.3) is 0 Å². The molecule has 0 radical (unpaired) electrons. The van der Waals surface area contributed by atoms with Crippen LogP contribution in [0, 0.1) is 6.92 Å². The topological polar surface area (TPSA) is 52.2 Å². The van der Waals surface area contributed by atoms with Crippen molar-refractivity contribution in [3.8, 4) is 5.69 Å². The number of thioether (sulfide) groups is 1. The molecule has 0 aliphatic rings. The molecule has 0 unspecified atom stereocenters. The van der Waals surface area contributed by atoms with Crippen LogP contribution < -0.4 is 5.56 Å². The van der Waals surface area contributed by atoms with Gasteiger partial charge in [-0.15, -0.1) is 10.2 Å². The van der Waals surface area contributed by atoms with E-state index in [1.807, 2.05) is 37.4 Å². The van der Waals surface area contributed by atoms with Crippen molar-refractivity contribution in [1.82, 2.24) is 19.2 Å². The maximum Gasteiger partial charge on any atom is 0.300 e. The zero-order valence-electron chi connectivity index (χ0n) is 14.6. The number of rotatable bonds is 4. The van der Waals surface area contributed by atoms with Crippen LogP contribution in [0.2, 0.25) is 0 Å². The van der Waals surface area contributed by atoms with E-state index < -0.39 is 0 Å². The molecule has 28 heavy (non-hydrogen) atoms. The number of nitrogens with zero attached hydrogens (tertiary/aromatic N) is 4. The van der Waals surface area contributed by atoms with E-state index in [1.165, 1.54) is 11.8 Å². The summed E-state index contributed by atoms with van der Waals surface area (Å²) in [5.41, 5.74) is 3.05. The summed E-state index contributed by atoms with van der Waals surface area (Å²) in [5, 5.41) is 9.03. The molecule has 4 aromatic rings. The van der Waals surface area contributed by atoms with E-state index in [0.717, 1.165) is 30.2 Å². The van der Waals surface area contributed by atoms with Gasteiger partial charge in [-0.1, -0.05) is 65.6 Å². The van der Waals surface area contributed by atoms with E-state index in [4.69, 9.17) is 0 Å². The fourth-order valence-corrected chi connectivity index (χ4v) is 5.45. The van der Waals surface area contributed by atoms with Gasteiger partial charge in [0.15, 0.2) is 5.16 Å². The van der Waals surface area contributed by atoms with Crippen molar-refractivity contribution >= 4 is 65.2 Å². The fraction of sp³-hybridized carbons (Fsp3) is 0.105. The highest BCUT2D eigenvalue weighted by Gasteiger charge is 2.14. The normalized spacial score (nSPS) is 11.3. The van der Waals surface area contributed by atoms with E-state index in [9.17, 15) is 4.79 Å². The van der Waals surface area contributed by atoms with E-state index >= 15 is 0 Å². The minimum atomic E-state index is -0.201. The first-order valence-corrected chi connectivity index (χ1v) is 11.6. The number of benzene rings is 2. The summed E-state index contributed by atoms with van der Waals surface area (Å²) in [7, 11) is 0. The Hall–Kier alpha value is -1.42. The quantitative estimate of drug-likeness (QED) is 0.286. The molecule has 142 valence electrons. The van der Waals surface area contributed by atoms with Crippen LogP contribution in [-0.2, 0) is 5.75 Å². The van der Waals surface area contributed by atoms with Gasteiger partial charge in [0.05, 0.1) is 5.69 Å². The molecule has 2 aromatic heterocycles. The summed E-state index contributed by atoms with van der Waals surface area (Å²) in [6.45, 7) is 1.97. The molecule has 0 aliphatic carbocycles. The lowest BCUT2D eigenvalue weighted by molar-refractivity contribution is 0.890. The molecule has 0 atom stereocenters. The zero-order valence-corrected chi connectivity index (χ0v) is 20.1. The fourth-order valence-electron chi connectivity index (χ4n) is 2.85. The van der Waals surface area contributed by atoms with E-state index in [2.05, 4.69) is 70.1 Å². The van der Waals surface area contributed by atoms with Crippen molar-refractivity contribution in [3.63, 3.8) is 0 Å². The number of hydrogen-bond acceptors (Lipinski definition) is 4. The number of hydrogen-bond donors (Lipinski definition) is 0. The highest BCUT2D eigenvalue weighted by atomic mass is 79.9. The van der Waals surface area contributed by atoms with Crippen molar-refractivity contribution in [2.75, 3.05) is 0 Å². The summed E-state index contributed by atoms with van der Waals surface area (Å²) in [5.74, 6) is 0.715. The maximum atomic E-state index is 13.0. The molecule has 0 fully saturated rings. The molecule has 0 saturated heterocycles. The zero-order chi connectivity index (χ0) is 19.8. The lowest BCUT2D eigenvalue weighted by atomic mass is 10.2. The van der Waals surface area contributed by atoms with E-state index in [1.54, 1.807) is 15.2 Å². The highest BCUT2D eigenvalue weighted by Crippen LogP contribution is 2.26. The molecule has 2 aromatic carbocycles. The third-order valence-corrected chi connectivity index (χ3v) is 7.02.